The summed E-state index contributed by atoms with van der Waals surface area (Å²) in [6.07, 6.45) is 1.18. The van der Waals surface area contributed by atoms with Crippen LogP contribution < -0.4 is 9.64 Å². The highest BCUT2D eigenvalue weighted by molar-refractivity contribution is 5.95. The van der Waals surface area contributed by atoms with E-state index in [2.05, 4.69) is 0 Å². The fourth-order valence-electron chi connectivity index (χ4n) is 2.15. The summed E-state index contributed by atoms with van der Waals surface area (Å²) >= 11 is 0. The molecular weight excluding hydrogens is 294 g/mol. The zero-order valence-corrected chi connectivity index (χ0v) is 13.8. The van der Waals surface area contributed by atoms with Crippen LogP contribution in [-0.2, 0) is 9.53 Å². The number of ether oxygens (including phenoxy) is 2. The van der Waals surface area contributed by atoms with Gasteiger partial charge >= 0.3 is 6.09 Å². The van der Waals surface area contributed by atoms with Crippen LogP contribution in [0.4, 0.5) is 10.5 Å². The van der Waals surface area contributed by atoms with Gasteiger partial charge in [-0.1, -0.05) is 12.1 Å². The van der Waals surface area contributed by atoms with Gasteiger partial charge in [0.2, 0.25) is 6.29 Å². The largest absolute Gasteiger partial charge is 0.497 e. The summed E-state index contributed by atoms with van der Waals surface area (Å²) in [4.78, 5) is 24.4. The Kier molecular flexibility index (Phi) is 4.89. The molecule has 0 unspecified atom stereocenters. The number of nitrogens with zero attached hydrogens (tertiary/aromatic N) is 1. The van der Waals surface area contributed by atoms with Crippen LogP contribution in [0.3, 0.4) is 0 Å². The predicted molar refractivity (Wildman–Crippen MR) is 89.8 cm³/mol. The van der Waals surface area contributed by atoms with Crippen LogP contribution in [-0.4, -0.2) is 31.6 Å². The van der Waals surface area contributed by atoms with Crippen molar-refractivity contribution in [2.75, 3.05) is 18.6 Å². The number of rotatable bonds is 4. The molecule has 1 amide bonds. The summed E-state index contributed by atoms with van der Waals surface area (Å²) in [6.45, 7) is 5.15. The summed E-state index contributed by atoms with van der Waals surface area (Å²) in [5, 5.41) is 1.91. The Labute approximate surface area is 135 Å². The van der Waals surface area contributed by atoms with E-state index in [0.29, 0.717) is 5.69 Å². The summed E-state index contributed by atoms with van der Waals surface area (Å²) in [5.74, 6) is 0.760. The molecule has 0 saturated heterocycles. The minimum Gasteiger partial charge on any atom is -0.497 e. The molecule has 0 bridgehead atoms. The normalized spacial score (nSPS) is 11.1. The molecule has 1 radical (unpaired) electrons. The second-order valence-corrected chi connectivity index (χ2v) is 6.11. The van der Waals surface area contributed by atoms with Crippen molar-refractivity contribution in [3.63, 3.8) is 0 Å². The maximum absolute atomic E-state index is 12.3. The van der Waals surface area contributed by atoms with E-state index >= 15 is 0 Å². The summed E-state index contributed by atoms with van der Waals surface area (Å²) in [7, 11) is 1.61. The van der Waals surface area contributed by atoms with E-state index in [9.17, 15) is 9.59 Å². The predicted octanol–water partition coefficient (Wildman–Crippen LogP) is 3.70. The van der Waals surface area contributed by atoms with Crippen LogP contribution in [0.5, 0.6) is 5.75 Å². The Morgan fingerprint density at radius 1 is 1.13 bits per heavy atom. The van der Waals surface area contributed by atoms with Crippen LogP contribution in [0.1, 0.15) is 20.8 Å². The molecule has 0 fully saturated rings. The monoisotopic (exact) mass is 314 g/mol. The Morgan fingerprint density at radius 2 is 1.78 bits per heavy atom. The van der Waals surface area contributed by atoms with Gasteiger partial charge in [0.1, 0.15) is 11.4 Å². The number of hydrogen-bond donors (Lipinski definition) is 0. The van der Waals surface area contributed by atoms with E-state index in [4.69, 9.17) is 9.47 Å². The lowest BCUT2D eigenvalue weighted by atomic mass is 10.1. The molecule has 0 spiro atoms. The molecule has 2 aromatic carbocycles. The van der Waals surface area contributed by atoms with E-state index < -0.39 is 11.7 Å². The first-order valence-electron chi connectivity index (χ1n) is 7.27. The van der Waals surface area contributed by atoms with E-state index in [1.807, 2.05) is 30.3 Å². The summed E-state index contributed by atoms with van der Waals surface area (Å²) in [5.41, 5.74) is -0.0529. The number of carbonyl (C=O) groups excluding carboxylic acids is 2. The van der Waals surface area contributed by atoms with Gasteiger partial charge in [-0.2, -0.15) is 0 Å². The van der Waals surface area contributed by atoms with Crippen LogP contribution >= 0.6 is 0 Å². The Hall–Kier alpha value is -2.56. The van der Waals surface area contributed by atoms with Crippen LogP contribution in [0, 0.1) is 0 Å². The highest BCUT2D eigenvalue weighted by Crippen LogP contribution is 2.26. The second-order valence-electron chi connectivity index (χ2n) is 6.11. The lowest BCUT2D eigenvalue weighted by Gasteiger charge is -2.26. The number of amides is 1. The number of methoxy groups -OCH3 is 1. The van der Waals surface area contributed by atoms with Crippen molar-refractivity contribution >= 4 is 28.8 Å². The maximum atomic E-state index is 12.3. The molecule has 0 aliphatic heterocycles. The Balaban J connectivity index is 2.37. The first-order valence-corrected chi connectivity index (χ1v) is 7.27. The number of fused-ring (bicyclic) bond motifs is 1. The molecular formula is C18H20NO4. The van der Waals surface area contributed by atoms with Gasteiger partial charge in [0.25, 0.3) is 0 Å². The standard InChI is InChI=1S/C18H20NO4/c1-18(2,3)23-17(21)19(9-10-20)15-7-5-14-12-16(22-4)8-6-13(14)11-15/h5-8,11-12H,9H2,1-4H3. The van der Waals surface area contributed by atoms with Crippen LogP contribution in [0.15, 0.2) is 36.4 Å². The molecule has 0 aliphatic rings. The third-order valence-corrected chi connectivity index (χ3v) is 3.18. The molecule has 0 atom stereocenters. The number of benzene rings is 2. The lowest BCUT2D eigenvalue weighted by Crippen LogP contribution is -2.38. The number of carbonyl (C=O) groups is 1. The quantitative estimate of drug-likeness (QED) is 0.863. The van der Waals surface area contributed by atoms with E-state index in [1.165, 1.54) is 4.90 Å². The summed E-state index contributed by atoms with van der Waals surface area (Å²) < 4.78 is 10.5. The zero-order chi connectivity index (χ0) is 17.0. The molecule has 0 aliphatic carbocycles. The van der Waals surface area contributed by atoms with Crippen LogP contribution in [0.2, 0.25) is 0 Å². The van der Waals surface area contributed by atoms with Gasteiger partial charge in [0.05, 0.1) is 13.7 Å². The highest BCUT2D eigenvalue weighted by Gasteiger charge is 2.23. The van der Waals surface area contributed by atoms with E-state index in [0.717, 1.165) is 16.5 Å². The molecule has 5 nitrogen and oxygen atoms in total. The van der Waals surface area contributed by atoms with Crippen LogP contribution in [0.25, 0.3) is 10.8 Å². The first-order chi connectivity index (χ1) is 10.8. The van der Waals surface area contributed by atoms with Gasteiger partial charge in [-0.3, -0.25) is 9.69 Å². The van der Waals surface area contributed by atoms with E-state index in [1.54, 1.807) is 40.2 Å². The van der Waals surface area contributed by atoms with Gasteiger partial charge in [-0.15, -0.1) is 0 Å². The Bertz CT molecular complexity index is 719. The smallest absolute Gasteiger partial charge is 0.415 e. The average molecular weight is 314 g/mol. The van der Waals surface area contributed by atoms with Crippen molar-refractivity contribution in [1.29, 1.82) is 0 Å². The molecule has 2 aromatic rings. The number of anilines is 1. The molecule has 0 aromatic heterocycles. The molecule has 5 heteroatoms. The minimum atomic E-state index is -0.636. The van der Waals surface area contributed by atoms with E-state index in [-0.39, 0.29) is 6.54 Å². The fourth-order valence-corrected chi connectivity index (χ4v) is 2.15. The minimum absolute atomic E-state index is 0.184. The topological polar surface area (TPSA) is 55.8 Å². The average Bonchev–Trinajstić information content (AvgIpc) is 2.49. The fraction of sp³-hybridized carbons (Fsp3) is 0.333. The van der Waals surface area contributed by atoms with Crippen molar-refractivity contribution in [1.82, 2.24) is 0 Å². The molecule has 23 heavy (non-hydrogen) atoms. The molecule has 0 N–H and O–H groups in total. The Morgan fingerprint density at radius 3 is 2.39 bits per heavy atom. The molecule has 121 valence electrons. The summed E-state index contributed by atoms with van der Waals surface area (Å²) in [6, 6.07) is 11.1. The molecule has 2 rings (SSSR count). The van der Waals surface area contributed by atoms with Gasteiger partial charge in [0.15, 0.2) is 0 Å². The molecule has 0 heterocycles. The SMILES string of the molecule is COc1ccc2cc(N(C[C]=O)C(=O)OC(C)(C)C)ccc2c1. The van der Waals surface area contributed by atoms with Crippen molar-refractivity contribution in [2.45, 2.75) is 26.4 Å². The van der Waals surface area contributed by atoms with Gasteiger partial charge in [-0.05, 0) is 55.8 Å². The molecule has 0 saturated carbocycles. The second kappa shape index (κ2) is 6.69. The van der Waals surface area contributed by atoms with Crippen molar-refractivity contribution in [3.05, 3.63) is 36.4 Å². The third kappa shape index (κ3) is 4.22. The maximum Gasteiger partial charge on any atom is 0.415 e. The zero-order valence-electron chi connectivity index (χ0n) is 13.8. The van der Waals surface area contributed by atoms with Gasteiger partial charge < -0.3 is 9.47 Å². The lowest BCUT2D eigenvalue weighted by molar-refractivity contribution is 0.0585. The first kappa shape index (κ1) is 16.8. The number of hydrogen-bond acceptors (Lipinski definition) is 4. The third-order valence-electron chi connectivity index (χ3n) is 3.18. The van der Waals surface area contributed by atoms with Crippen molar-refractivity contribution in [3.8, 4) is 5.75 Å². The van der Waals surface area contributed by atoms with Crippen molar-refractivity contribution in [2.24, 2.45) is 0 Å². The van der Waals surface area contributed by atoms with Crippen molar-refractivity contribution < 1.29 is 19.1 Å². The highest BCUT2D eigenvalue weighted by atomic mass is 16.6. The van der Waals surface area contributed by atoms with Gasteiger partial charge in [0, 0.05) is 5.69 Å². The van der Waals surface area contributed by atoms with Gasteiger partial charge in [-0.25, -0.2) is 4.79 Å².